The van der Waals surface area contributed by atoms with Crippen molar-refractivity contribution in [2.24, 2.45) is 5.73 Å². The molecule has 1 aromatic rings. The van der Waals surface area contributed by atoms with Crippen LogP contribution in [0.15, 0.2) is 18.3 Å². The second-order valence-corrected chi connectivity index (χ2v) is 3.87. The zero-order valence-electron chi connectivity index (χ0n) is 9.90. The molecule has 0 aromatic carbocycles. The van der Waals surface area contributed by atoms with E-state index in [1.54, 1.807) is 0 Å². The Labute approximate surface area is 92.3 Å². The van der Waals surface area contributed by atoms with Crippen LogP contribution in [-0.2, 0) is 6.42 Å². The van der Waals surface area contributed by atoms with Gasteiger partial charge in [0.2, 0.25) is 0 Å². The van der Waals surface area contributed by atoms with Gasteiger partial charge in [0.15, 0.2) is 0 Å². The maximum Gasteiger partial charge on any atom is 0.131 e. The van der Waals surface area contributed by atoms with Gasteiger partial charge < -0.3 is 10.6 Å². The molecule has 0 aliphatic heterocycles. The zero-order valence-corrected chi connectivity index (χ0v) is 9.90. The van der Waals surface area contributed by atoms with Crippen molar-refractivity contribution in [3.63, 3.8) is 0 Å². The topological polar surface area (TPSA) is 42.1 Å². The van der Waals surface area contributed by atoms with Crippen LogP contribution in [0.1, 0.15) is 25.8 Å². The molecule has 0 fully saturated rings. The van der Waals surface area contributed by atoms with Crippen molar-refractivity contribution in [2.45, 2.75) is 32.7 Å². The molecule has 2 N–H and O–H groups in total. The summed E-state index contributed by atoms with van der Waals surface area (Å²) in [4.78, 5) is 6.56. The number of rotatable bonds is 5. The smallest absolute Gasteiger partial charge is 0.131 e. The average Bonchev–Trinajstić information content (AvgIpc) is 2.28. The largest absolute Gasteiger partial charge is 0.360 e. The van der Waals surface area contributed by atoms with Crippen LogP contribution in [-0.4, -0.2) is 24.6 Å². The Kier molecular flexibility index (Phi) is 4.56. The Morgan fingerprint density at radius 3 is 2.80 bits per heavy atom. The van der Waals surface area contributed by atoms with Gasteiger partial charge in [-0.15, -0.1) is 0 Å². The molecule has 0 bridgehead atoms. The second kappa shape index (κ2) is 5.71. The highest BCUT2D eigenvalue weighted by atomic mass is 15.2. The summed E-state index contributed by atoms with van der Waals surface area (Å²) in [5.74, 6) is 1.06. The van der Waals surface area contributed by atoms with Crippen molar-refractivity contribution >= 4 is 5.82 Å². The Morgan fingerprint density at radius 2 is 2.20 bits per heavy atom. The van der Waals surface area contributed by atoms with E-state index in [0.29, 0.717) is 0 Å². The average molecular weight is 207 g/mol. The summed E-state index contributed by atoms with van der Waals surface area (Å²) in [6.45, 7) is 5.20. The quantitative estimate of drug-likeness (QED) is 0.800. The molecule has 1 heterocycles. The van der Waals surface area contributed by atoms with Crippen LogP contribution in [0.25, 0.3) is 0 Å². The molecule has 0 aliphatic rings. The van der Waals surface area contributed by atoms with Gasteiger partial charge in [0.1, 0.15) is 5.82 Å². The summed E-state index contributed by atoms with van der Waals surface area (Å²) in [6.07, 6.45) is 3.75. The monoisotopic (exact) mass is 207 g/mol. The SMILES string of the molecule is CCC(N)Cc1cccnc1N(C)CC. The third-order valence-electron chi connectivity index (χ3n) is 2.71. The summed E-state index contributed by atoms with van der Waals surface area (Å²) in [5, 5.41) is 0. The van der Waals surface area contributed by atoms with Crippen molar-refractivity contribution < 1.29 is 0 Å². The first-order valence-electron chi connectivity index (χ1n) is 5.59. The van der Waals surface area contributed by atoms with Gasteiger partial charge in [-0.25, -0.2) is 4.98 Å². The molecule has 0 radical (unpaired) electrons. The van der Waals surface area contributed by atoms with Crippen molar-refractivity contribution in [2.75, 3.05) is 18.5 Å². The van der Waals surface area contributed by atoms with Crippen LogP contribution < -0.4 is 10.6 Å². The molecule has 1 atom stereocenters. The summed E-state index contributed by atoms with van der Waals surface area (Å²) in [7, 11) is 2.06. The maximum atomic E-state index is 5.97. The van der Waals surface area contributed by atoms with E-state index in [9.17, 15) is 0 Å². The molecule has 1 aromatic heterocycles. The van der Waals surface area contributed by atoms with Crippen LogP contribution in [0.3, 0.4) is 0 Å². The summed E-state index contributed by atoms with van der Waals surface area (Å²) < 4.78 is 0. The highest BCUT2D eigenvalue weighted by Crippen LogP contribution is 2.17. The number of nitrogens with zero attached hydrogens (tertiary/aromatic N) is 2. The third-order valence-corrected chi connectivity index (χ3v) is 2.71. The van der Waals surface area contributed by atoms with Crippen LogP contribution >= 0.6 is 0 Å². The Balaban J connectivity index is 2.86. The Hall–Kier alpha value is -1.09. The lowest BCUT2D eigenvalue weighted by atomic mass is 10.1. The standard InChI is InChI=1S/C12H21N3/c1-4-11(13)9-10-7-6-8-14-12(10)15(3)5-2/h6-8,11H,4-5,9,13H2,1-3H3. The number of aromatic nitrogens is 1. The Bertz CT molecular complexity index is 299. The molecule has 0 saturated carbocycles. The molecule has 3 heteroatoms. The van der Waals surface area contributed by atoms with Gasteiger partial charge in [-0.1, -0.05) is 13.0 Å². The van der Waals surface area contributed by atoms with E-state index in [-0.39, 0.29) is 6.04 Å². The van der Waals surface area contributed by atoms with Crippen LogP contribution in [0.4, 0.5) is 5.82 Å². The lowest BCUT2D eigenvalue weighted by Crippen LogP contribution is -2.25. The normalized spacial score (nSPS) is 12.5. The lowest BCUT2D eigenvalue weighted by Gasteiger charge is -2.20. The maximum absolute atomic E-state index is 5.97. The number of hydrogen-bond donors (Lipinski definition) is 1. The fourth-order valence-corrected chi connectivity index (χ4v) is 1.51. The lowest BCUT2D eigenvalue weighted by molar-refractivity contribution is 0.644. The fourth-order valence-electron chi connectivity index (χ4n) is 1.51. The molecule has 1 rings (SSSR count). The predicted octanol–water partition coefficient (Wildman–Crippen LogP) is 1.82. The van der Waals surface area contributed by atoms with E-state index in [4.69, 9.17) is 5.73 Å². The van der Waals surface area contributed by atoms with Gasteiger partial charge in [0.05, 0.1) is 0 Å². The Morgan fingerprint density at radius 1 is 1.47 bits per heavy atom. The van der Waals surface area contributed by atoms with Gasteiger partial charge in [0.25, 0.3) is 0 Å². The van der Waals surface area contributed by atoms with Crippen molar-refractivity contribution in [1.29, 1.82) is 0 Å². The molecule has 0 spiro atoms. The number of nitrogens with two attached hydrogens (primary N) is 1. The molecule has 15 heavy (non-hydrogen) atoms. The van der Waals surface area contributed by atoms with Gasteiger partial charge in [-0.3, -0.25) is 0 Å². The minimum Gasteiger partial charge on any atom is -0.360 e. The highest BCUT2D eigenvalue weighted by Gasteiger charge is 2.09. The van der Waals surface area contributed by atoms with Gasteiger partial charge in [-0.05, 0) is 31.4 Å². The third kappa shape index (κ3) is 3.20. The molecular weight excluding hydrogens is 186 g/mol. The molecule has 3 nitrogen and oxygen atoms in total. The van der Waals surface area contributed by atoms with E-state index >= 15 is 0 Å². The summed E-state index contributed by atoms with van der Waals surface area (Å²) in [6, 6.07) is 4.33. The van der Waals surface area contributed by atoms with Crippen molar-refractivity contribution in [3.05, 3.63) is 23.9 Å². The van der Waals surface area contributed by atoms with Gasteiger partial charge >= 0.3 is 0 Å². The van der Waals surface area contributed by atoms with E-state index in [1.165, 1.54) is 5.56 Å². The van der Waals surface area contributed by atoms with E-state index < -0.39 is 0 Å². The van der Waals surface area contributed by atoms with Crippen LogP contribution in [0.5, 0.6) is 0 Å². The number of hydrogen-bond acceptors (Lipinski definition) is 3. The first-order chi connectivity index (χ1) is 7.19. The minimum atomic E-state index is 0.234. The van der Waals surface area contributed by atoms with Gasteiger partial charge in [0, 0.05) is 25.8 Å². The van der Waals surface area contributed by atoms with E-state index in [1.807, 2.05) is 12.3 Å². The molecule has 0 aliphatic carbocycles. The zero-order chi connectivity index (χ0) is 11.3. The highest BCUT2D eigenvalue weighted by molar-refractivity contribution is 5.46. The molecular formula is C12H21N3. The molecule has 84 valence electrons. The van der Waals surface area contributed by atoms with Crippen LogP contribution in [0.2, 0.25) is 0 Å². The summed E-state index contributed by atoms with van der Waals surface area (Å²) >= 11 is 0. The number of pyridine rings is 1. The molecule has 0 amide bonds. The van der Waals surface area contributed by atoms with Crippen LogP contribution in [0, 0.1) is 0 Å². The minimum absolute atomic E-state index is 0.234. The molecule has 0 saturated heterocycles. The fraction of sp³-hybridized carbons (Fsp3) is 0.583. The summed E-state index contributed by atoms with van der Waals surface area (Å²) in [5.41, 5.74) is 7.22. The second-order valence-electron chi connectivity index (χ2n) is 3.87. The van der Waals surface area contributed by atoms with Crippen molar-refractivity contribution in [3.8, 4) is 0 Å². The number of anilines is 1. The first-order valence-corrected chi connectivity index (χ1v) is 5.59. The van der Waals surface area contributed by atoms with Gasteiger partial charge in [-0.2, -0.15) is 0 Å². The van der Waals surface area contributed by atoms with E-state index in [2.05, 4.69) is 36.8 Å². The first kappa shape index (κ1) is 12.0. The van der Waals surface area contributed by atoms with Crippen molar-refractivity contribution in [1.82, 2.24) is 4.98 Å². The molecule has 1 unspecified atom stereocenters. The van der Waals surface area contributed by atoms with E-state index in [0.717, 1.165) is 25.2 Å². The predicted molar refractivity (Wildman–Crippen MR) is 65.2 cm³/mol.